The highest BCUT2D eigenvalue weighted by Crippen LogP contribution is 2.39. The minimum absolute atomic E-state index is 0.622. The van der Waals surface area contributed by atoms with Crippen molar-refractivity contribution in [3.8, 4) is 56.4 Å². The maximum absolute atomic E-state index is 5.19. The Morgan fingerprint density at radius 1 is 0.326 bits per heavy atom. The molecule has 2 heterocycles. The minimum atomic E-state index is 0.622. The molecule has 0 N–H and O–H groups in total. The Balaban J connectivity index is 1.28. The molecule has 0 amide bonds. The van der Waals surface area contributed by atoms with Crippen molar-refractivity contribution in [1.29, 1.82) is 0 Å². The molecule has 9 aromatic rings. The van der Waals surface area contributed by atoms with Crippen LogP contribution in [0.15, 0.2) is 158 Å². The Bertz CT molecular complexity index is 2490. The lowest BCUT2D eigenvalue weighted by Gasteiger charge is -2.15. The van der Waals surface area contributed by atoms with E-state index in [0.29, 0.717) is 17.5 Å². The highest BCUT2D eigenvalue weighted by molar-refractivity contribution is 6.25. The van der Waals surface area contributed by atoms with Gasteiger partial charge in [0.15, 0.2) is 17.5 Å². The van der Waals surface area contributed by atoms with Crippen molar-refractivity contribution in [3.05, 3.63) is 158 Å². The van der Waals surface area contributed by atoms with Crippen LogP contribution in [0.1, 0.15) is 0 Å². The number of pyridine rings is 1. The SMILES string of the molecule is c1ccc(-c2ccc(-c3nc(-c4ccccc4-c4cccnc4)nc(-c4ccc5ccc6cccc7ccc4c5c67)n3)cc2)cc1. The normalized spacial score (nSPS) is 11.5. The van der Waals surface area contributed by atoms with E-state index in [0.717, 1.165) is 38.8 Å². The van der Waals surface area contributed by atoms with Crippen LogP contribution >= 0.6 is 0 Å². The van der Waals surface area contributed by atoms with Crippen LogP contribution in [0.3, 0.4) is 0 Å². The zero-order valence-corrected chi connectivity index (χ0v) is 24.8. The maximum Gasteiger partial charge on any atom is 0.164 e. The van der Waals surface area contributed by atoms with E-state index in [1.54, 1.807) is 6.20 Å². The van der Waals surface area contributed by atoms with Crippen molar-refractivity contribution in [3.63, 3.8) is 0 Å². The van der Waals surface area contributed by atoms with Gasteiger partial charge in [0.2, 0.25) is 0 Å². The molecule has 0 saturated carbocycles. The Morgan fingerprint density at radius 3 is 1.67 bits per heavy atom. The third-order valence-electron chi connectivity index (χ3n) is 8.80. The summed E-state index contributed by atoms with van der Waals surface area (Å²) in [6.45, 7) is 0. The first kappa shape index (κ1) is 26.2. The van der Waals surface area contributed by atoms with E-state index >= 15 is 0 Å². The highest BCUT2D eigenvalue weighted by atomic mass is 15.0. The van der Waals surface area contributed by atoms with Crippen LogP contribution < -0.4 is 0 Å². The first-order valence-electron chi connectivity index (χ1n) is 15.4. The molecule has 0 saturated heterocycles. The molecule has 0 fully saturated rings. The smallest absolute Gasteiger partial charge is 0.164 e. The second kappa shape index (κ2) is 10.7. The zero-order chi connectivity index (χ0) is 30.5. The molecule has 0 aliphatic heterocycles. The number of rotatable bonds is 5. The summed E-state index contributed by atoms with van der Waals surface area (Å²) in [5, 5.41) is 7.30. The van der Waals surface area contributed by atoms with Crippen molar-refractivity contribution in [2.75, 3.05) is 0 Å². The fourth-order valence-electron chi connectivity index (χ4n) is 6.57. The second-order valence-electron chi connectivity index (χ2n) is 11.5. The molecule has 0 bridgehead atoms. The van der Waals surface area contributed by atoms with Gasteiger partial charge in [-0.2, -0.15) is 0 Å². The minimum Gasteiger partial charge on any atom is -0.264 e. The fourth-order valence-corrected chi connectivity index (χ4v) is 6.57. The summed E-state index contributed by atoms with van der Waals surface area (Å²) in [6, 6.07) is 50.8. The van der Waals surface area contributed by atoms with Crippen molar-refractivity contribution < 1.29 is 0 Å². The molecule has 2 aromatic heterocycles. The van der Waals surface area contributed by atoms with Crippen LogP contribution in [-0.2, 0) is 0 Å². The van der Waals surface area contributed by atoms with Crippen molar-refractivity contribution in [1.82, 2.24) is 19.9 Å². The average Bonchev–Trinajstić information content (AvgIpc) is 3.14. The largest absolute Gasteiger partial charge is 0.264 e. The zero-order valence-electron chi connectivity index (χ0n) is 24.8. The lowest BCUT2D eigenvalue weighted by atomic mass is 9.92. The molecule has 0 aliphatic rings. The summed E-state index contributed by atoms with van der Waals surface area (Å²) in [7, 11) is 0. The van der Waals surface area contributed by atoms with Crippen molar-refractivity contribution in [2.24, 2.45) is 0 Å². The van der Waals surface area contributed by atoms with Gasteiger partial charge in [0.25, 0.3) is 0 Å². The Kier molecular flexibility index (Phi) is 6.10. The van der Waals surface area contributed by atoms with Crippen LogP contribution in [0.25, 0.3) is 88.7 Å². The topological polar surface area (TPSA) is 51.6 Å². The van der Waals surface area contributed by atoms with E-state index in [-0.39, 0.29) is 0 Å². The van der Waals surface area contributed by atoms with E-state index in [2.05, 4.69) is 126 Å². The third kappa shape index (κ3) is 4.39. The molecule has 0 aliphatic carbocycles. The van der Waals surface area contributed by atoms with Gasteiger partial charge in [-0.1, -0.05) is 133 Å². The molecular formula is C42H26N4. The Morgan fingerprint density at radius 2 is 0.913 bits per heavy atom. The number of benzene rings is 7. The predicted octanol–water partition coefficient (Wildman–Crippen LogP) is 10.5. The summed E-state index contributed by atoms with van der Waals surface area (Å²) in [4.78, 5) is 19.8. The first-order valence-corrected chi connectivity index (χ1v) is 15.4. The number of hydrogen-bond acceptors (Lipinski definition) is 4. The Labute approximate surface area is 266 Å². The summed E-state index contributed by atoms with van der Waals surface area (Å²) >= 11 is 0. The van der Waals surface area contributed by atoms with Gasteiger partial charge in [-0.3, -0.25) is 4.98 Å². The van der Waals surface area contributed by atoms with Gasteiger partial charge >= 0.3 is 0 Å². The number of hydrogen-bond donors (Lipinski definition) is 0. The molecular weight excluding hydrogens is 560 g/mol. The fraction of sp³-hybridized carbons (Fsp3) is 0. The van der Waals surface area contributed by atoms with Gasteiger partial charge in [0.05, 0.1) is 0 Å². The standard InChI is InChI=1S/C42H26N4/c1-2-8-27(9-3-1)28-15-19-32(20-16-28)40-44-41(36-14-5-4-13-34(36)33-12-7-25-43-26-33)46-42(45-40)37-24-22-31-18-17-29-10-6-11-30-21-23-35(37)39(31)38(29)30/h1-26H. The van der Waals surface area contributed by atoms with E-state index < -0.39 is 0 Å². The van der Waals surface area contributed by atoms with Gasteiger partial charge < -0.3 is 0 Å². The monoisotopic (exact) mass is 586 g/mol. The summed E-state index contributed by atoms with van der Waals surface area (Å²) in [6.07, 6.45) is 3.67. The molecule has 0 unspecified atom stereocenters. The summed E-state index contributed by atoms with van der Waals surface area (Å²) < 4.78 is 0. The number of aromatic nitrogens is 4. The third-order valence-corrected chi connectivity index (χ3v) is 8.80. The molecule has 46 heavy (non-hydrogen) atoms. The van der Waals surface area contributed by atoms with Gasteiger partial charge in [-0.25, -0.2) is 15.0 Å². The average molecular weight is 587 g/mol. The second-order valence-corrected chi connectivity index (χ2v) is 11.5. The molecule has 9 rings (SSSR count). The van der Waals surface area contributed by atoms with Gasteiger partial charge in [-0.15, -0.1) is 0 Å². The first-order chi connectivity index (χ1) is 22.8. The summed E-state index contributed by atoms with van der Waals surface area (Å²) in [5.41, 5.74) is 7.19. The predicted molar refractivity (Wildman–Crippen MR) is 189 cm³/mol. The summed E-state index contributed by atoms with van der Waals surface area (Å²) in [5.74, 6) is 1.90. The molecule has 214 valence electrons. The molecule has 7 aromatic carbocycles. The molecule has 0 spiro atoms. The van der Waals surface area contributed by atoms with Crippen LogP contribution in [0, 0.1) is 0 Å². The highest BCUT2D eigenvalue weighted by Gasteiger charge is 2.18. The molecule has 4 heteroatoms. The number of nitrogens with zero attached hydrogens (tertiary/aromatic N) is 4. The molecule has 4 nitrogen and oxygen atoms in total. The van der Waals surface area contributed by atoms with Crippen molar-refractivity contribution in [2.45, 2.75) is 0 Å². The van der Waals surface area contributed by atoms with Crippen LogP contribution in [0.2, 0.25) is 0 Å². The maximum atomic E-state index is 5.19. The van der Waals surface area contributed by atoms with E-state index in [4.69, 9.17) is 15.0 Å². The van der Waals surface area contributed by atoms with Crippen molar-refractivity contribution >= 4 is 32.3 Å². The lowest BCUT2D eigenvalue weighted by molar-refractivity contribution is 1.08. The molecule has 0 radical (unpaired) electrons. The van der Waals surface area contributed by atoms with Crippen LogP contribution in [0.4, 0.5) is 0 Å². The van der Waals surface area contributed by atoms with E-state index in [9.17, 15) is 0 Å². The Hall–Kier alpha value is -6.26. The molecule has 0 atom stereocenters. The van der Waals surface area contributed by atoms with Gasteiger partial charge in [0.1, 0.15) is 0 Å². The van der Waals surface area contributed by atoms with E-state index in [1.807, 2.05) is 30.5 Å². The quantitative estimate of drug-likeness (QED) is 0.188. The van der Waals surface area contributed by atoms with Crippen LogP contribution in [0.5, 0.6) is 0 Å². The van der Waals surface area contributed by atoms with Gasteiger partial charge in [0, 0.05) is 34.6 Å². The van der Waals surface area contributed by atoms with Crippen LogP contribution in [-0.4, -0.2) is 19.9 Å². The van der Waals surface area contributed by atoms with Gasteiger partial charge in [-0.05, 0) is 61.1 Å². The van der Waals surface area contributed by atoms with E-state index in [1.165, 1.54) is 32.5 Å². The lowest BCUT2D eigenvalue weighted by Crippen LogP contribution is -2.01.